The SMILES string of the molecule is C=C(C)C#CC(c1ccc(F)cc1)N1CCCCC1.CC(=O)O.FC(F)(F)c1ccccc1. The third-order valence-corrected chi connectivity index (χ3v) is 4.46. The van der Waals surface area contributed by atoms with E-state index in [0.717, 1.165) is 43.3 Å². The number of aliphatic carboxylic acids is 1. The minimum atomic E-state index is -4.21. The average molecular weight is 464 g/mol. The van der Waals surface area contributed by atoms with Gasteiger partial charge in [-0.25, -0.2) is 4.39 Å². The van der Waals surface area contributed by atoms with Gasteiger partial charge in [0.15, 0.2) is 0 Å². The second-order valence-corrected chi connectivity index (χ2v) is 7.48. The molecule has 3 nitrogen and oxygen atoms in total. The number of piperidine rings is 1. The highest BCUT2D eigenvalue weighted by Gasteiger charge is 2.29. The van der Waals surface area contributed by atoms with E-state index in [-0.39, 0.29) is 11.9 Å². The minimum Gasteiger partial charge on any atom is -0.481 e. The van der Waals surface area contributed by atoms with Crippen LogP contribution in [0.3, 0.4) is 0 Å². The first kappa shape index (κ1) is 27.9. The second kappa shape index (κ2) is 14.1. The first-order valence-electron chi connectivity index (χ1n) is 10.5. The molecule has 0 bridgehead atoms. The lowest BCUT2D eigenvalue weighted by atomic mass is 10.0. The van der Waals surface area contributed by atoms with E-state index >= 15 is 0 Å². The van der Waals surface area contributed by atoms with Gasteiger partial charge >= 0.3 is 6.18 Å². The molecule has 0 spiro atoms. The van der Waals surface area contributed by atoms with Crippen LogP contribution in [0.1, 0.15) is 50.3 Å². The Morgan fingerprint density at radius 2 is 1.52 bits per heavy atom. The van der Waals surface area contributed by atoms with Gasteiger partial charge in [-0.15, -0.1) is 0 Å². The van der Waals surface area contributed by atoms with E-state index in [0.29, 0.717) is 0 Å². The molecule has 0 aliphatic carbocycles. The zero-order valence-electron chi connectivity index (χ0n) is 18.8. The van der Waals surface area contributed by atoms with Gasteiger partial charge in [0, 0.05) is 6.92 Å². The molecule has 0 amide bonds. The molecule has 178 valence electrons. The summed E-state index contributed by atoms with van der Waals surface area (Å²) in [5, 5.41) is 7.42. The molecule has 1 aliphatic rings. The molecule has 1 aliphatic heterocycles. The van der Waals surface area contributed by atoms with Crippen molar-refractivity contribution >= 4 is 5.97 Å². The van der Waals surface area contributed by atoms with Gasteiger partial charge in [-0.05, 0) is 56.1 Å². The molecule has 1 heterocycles. The normalized spacial score (nSPS) is 14.2. The summed E-state index contributed by atoms with van der Waals surface area (Å²) in [5.74, 6) is 5.32. The molecular formula is C26H29F4NO2. The molecule has 0 aromatic heterocycles. The van der Waals surface area contributed by atoms with E-state index in [1.54, 1.807) is 6.07 Å². The number of carboxylic acid groups (broad SMARTS) is 1. The first-order chi connectivity index (χ1) is 15.5. The van der Waals surface area contributed by atoms with E-state index in [4.69, 9.17) is 9.90 Å². The third-order valence-electron chi connectivity index (χ3n) is 4.46. The van der Waals surface area contributed by atoms with Crippen LogP contribution in [0.2, 0.25) is 0 Å². The van der Waals surface area contributed by atoms with Crippen molar-refractivity contribution in [2.24, 2.45) is 0 Å². The van der Waals surface area contributed by atoms with Crippen LogP contribution in [-0.4, -0.2) is 29.1 Å². The Bertz CT molecular complexity index is 919. The molecule has 33 heavy (non-hydrogen) atoms. The molecule has 1 unspecified atom stereocenters. The van der Waals surface area contributed by atoms with Crippen molar-refractivity contribution in [2.45, 2.75) is 45.3 Å². The Morgan fingerprint density at radius 1 is 1.00 bits per heavy atom. The summed E-state index contributed by atoms with van der Waals surface area (Å²) in [6.45, 7) is 8.94. The summed E-state index contributed by atoms with van der Waals surface area (Å²) in [4.78, 5) is 11.4. The van der Waals surface area contributed by atoms with Crippen molar-refractivity contribution in [3.63, 3.8) is 0 Å². The highest BCUT2D eigenvalue weighted by atomic mass is 19.4. The molecule has 1 N–H and O–H groups in total. The zero-order chi connectivity index (χ0) is 24.9. The van der Waals surface area contributed by atoms with Gasteiger partial charge in [0.1, 0.15) is 5.82 Å². The number of hydrogen-bond donors (Lipinski definition) is 1. The maximum Gasteiger partial charge on any atom is 0.416 e. The number of likely N-dealkylation sites (tertiary alicyclic amines) is 1. The molecular weight excluding hydrogens is 434 g/mol. The third kappa shape index (κ3) is 11.9. The fourth-order valence-corrected chi connectivity index (χ4v) is 3.03. The molecule has 2 aromatic carbocycles. The summed E-state index contributed by atoms with van der Waals surface area (Å²) < 4.78 is 48.4. The number of rotatable bonds is 2. The number of allylic oxidation sites excluding steroid dienone is 1. The largest absolute Gasteiger partial charge is 0.481 e. The van der Waals surface area contributed by atoms with Crippen LogP contribution in [0.5, 0.6) is 0 Å². The molecule has 0 saturated carbocycles. The summed E-state index contributed by atoms with van der Waals surface area (Å²) in [5.41, 5.74) is 1.33. The van der Waals surface area contributed by atoms with E-state index < -0.39 is 17.7 Å². The van der Waals surface area contributed by atoms with Crippen LogP contribution in [-0.2, 0) is 11.0 Å². The van der Waals surface area contributed by atoms with Gasteiger partial charge in [-0.3, -0.25) is 9.69 Å². The minimum absolute atomic E-state index is 0.0533. The smallest absolute Gasteiger partial charge is 0.416 e. The van der Waals surface area contributed by atoms with Crippen LogP contribution in [0.15, 0.2) is 66.7 Å². The van der Waals surface area contributed by atoms with Gasteiger partial charge in [-0.1, -0.05) is 67.3 Å². The maximum absolute atomic E-state index is 13.0. The monoisotopic (exact) mass is 463 g/mol. The number of hydrogen-bond acceptors (Lipinski definition) is 2. The fourth-order valence-electron chi connectivity index (χ4n) is 3.03. The number of benzene rings is 2. The van der Waals surface area contributed by atoms with E-state index in [1.165, 1.54) is 43.5 Å². The Hall–Kier alpha value is -3.11. The molecule has 3 rings (SSSR count). The van der Waals surface area contributed by atoms with Crippen molar-refractivity contribution < 1.29 is 27.5 Å². The summed E-state index contributed by atoms with van der Waals surface area (Å²) in [6.07, 6.45) is -0.485. The standard InChI is InChI=1S/C17H20FN.C7H5F3.C2H4O2/c1-14(2)6-11-17(19-12-4-3-5-13-19)15-7-9-16(18)10-8-15;8-7(9,10)6-4-2-1-3-5-6;1-2(3)4/h7-10,17H,1,3-5,12-13H2,2H3;1-5H;1H3,(H,3,4). The van der Waals surface area contributed by atoms with Crippen LogP contribution in [0.4, 0.5) is 17.6 Å². The molecule has 1 atom stereocenters. The topological polar surface area (TPSA) is 40.5 Å². The average Bonchev–Trinajstić information content (AvgIpc) is 2.76. The van der Waals surface area contributed by atoms with E-state index in [2.05, 4.69) is 23.3 Å². The molecule has 1 fully saturated rings. The van der Waals surface area contributed by atoms with Crippen molar-refractivity contribution in [1.29, 1.82) is 0 Å². The van der Waals surface area contributed by atoms with Crippen LogP contribution in [0, 0.1) is 17.7 Å². The van der Waals surface area contributed by atoms with Crippen molar-refractivity contribution in [3.8, 4) is 11.8 Å². The Kier molecular flexibility index (Phi) is 12.0. The highest BCUT2D eigenvalue weighted by molar-refractivity contribution is 5.62. The van der Waals surface area contributed by atoms with E-state index in [1.807, 2.05) is 19.1 Å². The highest BCUT2D eigenvalue weighted by Crippen LogP contribution is 2.28. The van der Waals surface area contributed by atoms with Gasteiger partial charge in [0.05, 0.1) is 11.6 Å². The fraction of sp³-hybridized carbons (Fsp3) is 0.346. The van der Waals surface area contributed by atoms with Crippen LogP contribution >= 0.6 is 0 Å². The number of carboxylic acids is 1. The number of halogens is 4. The van der Waals surface area contributed by atoms with Crippen molar-refractivity contribution in [1.82, 2.24) is 4.90 Å². The molecule has 1 saturated heterocycles. The maximum atomic E-state index is 13.0. The van der Waals surface area contributed by atoms with Crippen molar-refractivity contribution in [2.75, 3.05) is 13.1 Å². The number of carbonyl (C=O) groups is 1. The second-order valence-electron chi connectivity index (χ2n) is 7.48. The lowest BCUT2D eigenvalue weighted by Gasteiger charge is -2.31. The molecule has 0 radical (unpaired) electrons. The quantitative estimate of drug-likeness (QED) is 0.397. The predicted octanol–water partition coefficient (Wildman–Crippen LogP) is 6.73. The zero-order valence-corrected chi connectivity index (χ0v) is 18.8. The van der Waals surface area contributed by atoms with Gasteiger partial charge in [0.2, 0.25) is 0 Å². The lowest BCUT2D eigenvalue weighted by Crippen LogP contribution is -2.33. The molecule has 2 aromatic rings. The summed E-state index contributed by atoms with van der Waals surface area (Å²) in [6, 6.07) is 13.1. The first-order valence-corrected chi connectivity index (χ1v) is 10.5. The van der Waals surface area contributed by atoms with E-state index in [9.17, 15) is 17.6 Å². The van der Waals surface area contributed by atoms with Crippen LogP contribution < -0.4 is 0 Å². The van der Waals surface area contributed by atoms with Crippen molar-refractivity contribution in [3.05, 3.63) is 83.7 Å². The Balaban J connectivity index is 0.000000325. The van der Waals surface area contributed by atoms with Gasteiger partial charge in [-0.2, -0.15) is 13.2 Å². The lowest BCUT2D eigenvalue weighted by molar-refractivity contribution is -0.137. The van der Waals surface area contributed by atoms with Gasteiger partial charge in [0.25, 0.3) is 5.97 Å². The van der Waals surface area contributed by atoms with Gasteiger partial charge < -0.3 is 5.11 Å². The predicted molar refractivity (Wildman–Crippen MR) is 122 cm³/mol. The Morgan fingerprint density at radius 3 is 1.94 bits per heavy atom. The molecule has 7 heteroatoms. The summed E-state index contributed by atoms with van der Waals surface area (Å²) in [7, 11) is 0. The summed E-state index contributed by atoms with van der Waals surface area (Å²) >= 11 is 0. The Labute approximate surface area is 192 Å². The van der Waals surface area contributed by atoms with Crippen LogP contribution in [0.25, 0.3) is 0 Å². The number of nitrogens with zero attached hydrogens (tertiary/aromatic N) is 1. The number of alkyl halides is 3.